The summed E-state index contributed by atoms with van der Waals surface area (Å²) in [6.45, 7) is 4.50. The number of imidazole rings is 1. The van der Waals surface area contributed by atoms with Gasteiger partial charge in [-0.2, -0.15) is 0 Å². The molecule has 3 heterocycles. The first-order valence-electron chi connectivity index (χ1n) is 8.93. The van der Waals surface area contributed by atoms with Crippen LogP contribution in [0.4, 0.5) is 0 Å². The fraction of sp³-hybridized carbons (Fsp3) is 0.556. The molecule has 3 atom stereocenters. The Bertz CT molecular complexity index is 725. The summed E-state index contributed by atoms with van der Waals surface area (Å²) in [7, 11) is 0. The zero-order valence-corrected chi connectivity index (χ0v) is 14.1. The van der Waals surface area contributed by atoms with E-state index in [1.165, 1.54) is 12.8 Å². The lowest BCUT2D eigenvalue weighted by Crippen LogP contribution is -2.47. The van der Waals surface area contributed by atoms with Crippen LogP contribution in [0.5, 0.6) is 0 Å². The van der Waals surface area contributed by atoms with E-state index in [1.807, 2.05) is 24.5 Å². The van der Waals surface area contributed by atoms with Crippen molar-refractivity contribution in [3.8, 4) is 0 Å². The second kappa shape index (κ2) is 6.81. The van der Waals surface area contributed by atoms with Gasteiger partial charge in [-0.15, -0.1) is 0 Å². The highest BCUT2D eigenvalue weighted by Crippen LogP contribution is 2.34. The van der Waals surface area contributed by atoms with Gasteiger partial charge in [0.1, 0.15) is 0 Å². The van der Waals surface area contributed by atoms with Crippen molar-refractivity contribution in [2.24, 2.45) is 4.99 Å². The van der Waals surface area contributed by atoms with Crippen molar-refractivity contribution in [1.82, 2.24) is 20.2 Å². The summed E-state index contributed by atoms with van der Waals surface area (Å²) in [5.41, 5.74) is 2.19. The molecule has 1 aromatic carbocycles. The number of para-hydroxylation sites is 2. The molecule has 2 aliphatic heterocycles. The maximum Gasteiger partial charge on any atom is 0.191 e. The Morgan fingerprint density at radius 3 is 3.08 bits per heavy atom. The summed E-state index contributed by atoms with van der Waals surface area (Å²) in [5.74, 6) is 0.892. The van der Waals surface area contributed by atoms with Crippen molar-refractivity contribution in [1.29, 1.82) is 0 Å². The zero-order valence-electron chi connectivity index (χ0n) is 14.1. The standard InChI is InChI=1S/C18H25N5O/c1-2-19-18(22-15-11-13-7-8-17(15)24-13)20-9-10-23-12-21-14-5-3-4-6-16(14)23/h3-6,12-13,15,17H,2,7-11H2,1H3,(H2,19,20,22). The molecule has 6 heteroatoms. The Morgan fingerprint density at radius 2 is 2.29 bits per heavy atom. The van der Waals surface area contributed by atoms with Crippen molar-refractivity contribution in [3.05, 3.63) is 30.6 Å². The average Bonchev–Trinajstić information content (AvgIpc) is 3.31. The molecule has 3 unspecified atom stereocenters. The average molecular weight is 327 g/mol. The molecule has 128 valence electrons. The van der Waals surface area contributed by atoms with E-state index in [0.29, 0.717) is 18.2 Å². The summed E-state index contributed by atoms with van der Waals surface area (Å²) in [4.78, 5) is 9.16. The van der Waals surface area contributed by atoms with Gasteiger partial charge in [0.15, 0.2) is 5.96 Å². The third-order valence-corrected chi connectivity index (χ3v) is 4.91. The van der Waals surface area contributed by atoms with Gasteiger partial charge in [0.05, 0.1) is 42.2 Å². The summed E-state index contributed by atoms with van der Waals surface area (Å²) in [6, 6.07) is 8.60. The predicted molar refractivity (Wildman–Crippen MR) is 95.1 cm³/mol. The topological polar surface area (TPSA) is 63.5 Å². The highest BCUT2D eigenvalue weighted by molar-refractivity contribution is 5.80. The van der Waals surface area contributed by atoms with Crippen molar-refractivity contribution < 1.29 is 4.74 Å². The molecule has 2 bridgehead atoms. The van der Waals surface area contributed by atoms with E-state index in [-0.39, 0.29) is 0 Å². The van der Waals surface area contributed by atoms with E-state index in [1.54, 1.807) is 0 Å². The van der Waals surface area contributed by atoms with Gasteiger partial charge in [0, 0.05) is 13.1 Å². The Labute approximate surface area is 142 Å². The van der Waals surface area contributed by atoms with Crippen molar-refractivity contribution in [2.75, 3.05) is 13.1 Å². The van der Waals surface area contributed by atoms with Crippen LogP contribution in [0.25, 0.3) is 11.0 Å². The Morgan fingerprint density at radius 1 is 1.38 bits per heavy atom. The summed E-state index contributed by atoms with van der Waals surface area (Å²) >= 11 is 0. The maximum atomic E-state index is 5.92. The largest absolute Gasteiger partial charge is 0.373 e. The van der Waals surface area contributed by atoms with E-state index in [4.69, 9.17) is 9.73 Å². The van der Waals surface area contributed by atoms with Crippen molar-refractivity contribution >= 4 is 17.0 Å². The van der Waals surface area contributed by atoms with Crippen molar-refractivity contribution in [2.45, 2.75) is 51.0 Å². The summed E-state index contributed by atoms with van der Waals surface area (Å²) in [5, 5.41) is 6.90. The number of guanidine groups is 1. The van der Waals surface area contributed by atoms with Gasteiger partial charge in [0.2, 0.25) is 0 Å². The molecular formula is C18H25N5O. The van der Waals surface area contributed by atoms with Crippen LogP contribution in [0.1, 0.15) is 26.2 Å². The van der Waals surface area contributed by atoms with Crippen LogP contribution >= 0.6 is 0 Å². The molecule has 2 aliphatic rings. The monoisotopic (exact) mass is 327 g/mol. The molecule has 2 fully saturated rings. The van der Waals surface area contributed by atoms with Crippen LogP contribution in [0.15, 0.2) is 35.6 Å². The molecule has 0 aliphatic carbocycles. The lowest BCUT2D eigenvalue weighted by molar-refractivity contribution is 0.0992. The van der Waals surface area contributed by atoms with Gasteiger partial charge in [-0.25, -0.2) is 4.98 Å². The molecule has 0 radical (unpaired) electrons. The first kappa shape index (κ1) is 15.4. The van der Waals surface area contributed by atoms with Gasteiger partial charge in [-0.1, -0.05) is 12.1 Å². The number of aromatic nitrogens is 2. The normalized spacial score (nSPS) is 26.2. The lowest BCUT2D eigenvalue weighted by Gasteiger charge is -2.22. The molecule has 0 spiro atoms. The molecule has 0 amide bonds. The molecule has 2 aromatic rings. The quantitative estimate of drug-likeness (QED) is 0.650. The highest BCUT2D eigenvalue weighted by Gasteiger charge is 2.41. The summed E-state index contributed by atoms with van der Waals surface area (Å²) < 4.78 is 8.07. The predicted octanol–water partition coefficient (Wildman–Crippen LogP) is 1.91. The van der Waals surface area contributed by atoms with Gasteiger partial charge < -0.3 is 19.9 Å². The number of nitrogens with zero attached hydrogens (tertiary/aromatic N) is 3. The van der Waals surface area contributed by atoms with Crippen LogP contribution in [0.2, 0.25) is 0 Å². The molecule has 24 heavy (non-hydrogen) atoms. The number of aliphatic imine (C=N–C) groups is 1. The van der Waals surface area contributed by atoms with Crippen LogP contribution < -0.4 is 10.6 Å². The van der Waals surface area contributed by atoms with E-state index >= 15 is 0 Å². The SMILES string of the molecule is CCNC(=NCCn1cnc2ccccc21)NC1CC2CCC1O2. The number of nitrogens with one attached hydrogen (secondary N) is 2. The Kier molecular flexibility index (Phi) is 4.38. The second-order valence-electron chi connectivity index (χ2n) is 6.55. The first-order valence-corrected chi connectivity index (χ1v) is 8.93. The third kappa shape index (κ3) is 3.11. The van der Waals surface area contributed by atoms with E-state index < -0.39 is 0 Å². The number of rotatable bonds is 5. The summed E-state index contributed by atoms with van der Waals surface area (Å²) in [6.07, 6.45) is 6.18. The van der Waals surface area contributed by atoms with Gasteiger partial charge in [-0.3, -0.25) is 4.99 Å². The molecular weight excluding hydrogens is 302 g/mol. The number of ether oxygens (including phenoxy) is 1. The van der Waals surface area contributed by atoms with Gasteiger partial charge in [-0.05, 0) is 38.3 Å². The highest BCUT2D eigenvalue weighted by atomic mass is 16.5. The molecule has 2 saturated heterocycles. The van der Waals surface area contributed by atoms with E-state index in [9.17, 15) is 0 Å². The second-order valence-corrected chi connectivity index (χ2v) is 6.55. The van der Waals surface area contributed by atoms with Crippen LogP contribution in [0, 0.1) is 0 Å². The van der Waals surface area contributed by atoms with E-state index in [2.05, 4.69) is 33.2 Å². The van der Waals surface area contributed by atoms with Gasteiger partial charge >= 0.3 is 0 Å². The van der Waals surface area contributed by atoms with Crippen LogP contribution in [-0.2, 0) is 11.3 Å². The minimum atomic E-state index is 0.358. The minimum absolute atomic E-state index is 0.358. The Balaban J connectivity index is 1.38. The van der Waals surface area contributed by atoms with Gasteiger partial charge in [0.25, 0.3) is 0 Å². The fourth-order valence-corrected chi connectivity index (χ4v) is 3.74. The van der Waals surface area contributed by atoms with E-state index in [0.717, 1.165) is 43.0 Å². The molecule has 6 nitrogen and oxygen atoms in total. The Hall–Kier alpha value is -2.08. The number of hydrogen-bond acceptors (Lipinski definition) is 3. The number of fused-ring (bicyclic) bond motifs is 3. The third-order valence-electron chi connectivity index (χ3n) is 4.91. The lowest BCUT2D eigenvalue weighted by atomic mass is 9.96. The smallest absolute Gasteiger partial charge is 0.191 e. The molecule has 0 saturated carbocycles. The van der Waals surface area contributed by atoms with Crippen molar-refractivity contribution in [3.63, 3.8) is 0 Å². The molecule has 2 N–H and O–H groups in total. The fourth-order valence-electron chi connectivity index (χ4n) is 3.74. The number of hydrogen-bond donors (Lipinski definition) is 2. The van der Waals surface area contributed by atoms with Crippen LogP contribution in [0.3, 0.4) is 0 Å². The minimum Gasteiger partial charge on any atom is -0.373 e. The van der Waals surface area contributed by atoms with Crippen LogP contribution in [-0.4, -0.2) is 46.8 Å². The first-order chi connectivity index (χ1) is 11.8. The number of benzene rings is 1. The molecule has 1 aromatic heterocycles. The maximum absolute atomic E-state index is 5.92. The zero-order chi connectivity index (χ0) is 16.4. The molecule has 4 rings (SSSR count).